The van der Waals surface area contributed by atoms with Crippen LogP contribution in [0, 0.1) is 52.3 Å². The molecule has 0 bridgehead atoms. The molecule has 2 saturated heterocycles. The zero-order valence-corrected chi connectivity index (χ0v) is 23.0. The minimum atomic E-state index is -0.328. The van der Waals surface area contributed by atoms with Gasteiger partial charge >= 0.3 is 0 Å². The van der Waals surface area contributed by atoms with Crippen LogP contribution in [-0.2, 0) is 9.47 Å². The first-order valence-electron chi connectivity index (χ1n) is 15.3. The normalized spacial score (nSPS) is 56.0. The van der Waals surface area contributed by atoms with Crippen molar-refractivity contribution in [3.8, 4) is 0 Å². The fourth-order valence-corrected chi connectivity index (χ4v) is 11.3. The van der Waals surface area contributed by atoms with Gasteiger partial charge in [0.25, 0.3) is 0 Å². The molecule has 7 rings (SSSR count). The zero-order chi connectivity index (χ0) is 24.9. The van der Waals surface area contributed by atoms with E-state index in [2.05, 4.69) is 58.0 Å². The summed E-state index contributed by atoms with van der Waals surface area (Å²) in [5.41, 5.74) is 2.09. The first-order chi connectivity index (χ1) is 17.3. The van der Waals surface area contributed by atoms with Crippen LogP contribution in [0.2, 0.25) is 0 Å². The van der Waals surface area contributed by atoms with Crippen LogP contribution in [0.1, 0.15) is 97.0 Å². The Balaban J connectivity index is 1.13. The molecule has 4 saturated carbocycles. The minimum absolute atomic E-state index is 0.154. The van der Waals surface area contributed by atoms with Crippen LogP contribution in [0.15, 0.2) is 30.3 Å². The van der Waals surface area contributed by atoms with Crippen LogP contribution in [0.3, 0.4) is 0 Å². The summed E-state index contributed by atoms with van der Waals surface area (Å²) >= 11 is 0. The Morgan fingerprint density at radius 1 is 0.833 bits per heavy atom. The fourth-order valence-electron chi connectivity index (χ4n) is 11.3. The van der Waals surface area contributed by atoms with Crippen molar-refractivity contribution in [2.75, 3.05) is 6.61 Å². The summed E-state index contributed by atoms with van der Waals surface area (Å²) < 4.78 is 13.5. The van der Waals surface area contributed by atoms with Gasteiger partial charge in [-0.1, -0.05) is 58.0 Å². The second-order valence-corrected chi connectivity index (χ2v) is 14.7. The van der Waals surface area contributed by atoms with Crippen molar-refractivity contribution in [1.29, 1.82) is 0 Å². The van der Waals surface area contributed by atoms with Crippen molar-refractivity contribution in [1.82, 2.24) is 0 Å². The predicted octanol–water partition coefficient (Wildman–Crippen LogP) is 7.19. The lowest BCUT2D eigenvalue weighted by molar-refractivity contribution is -0.273. The highest BCUT2D eigenvalue weighted by Gasteiger charge is 2.69. The summed E-state index contributed by atoms with van der Waals surface area (Å²) in [6.07, 6.45) is 11.1. The molecule has 3 heteroatoms. The third-order valence-electron chi connectivity index (χ3n) is 13.2. The summed E-state index contributed by atoms with van der Waals surface area (Å²) in [6.45, 7) is 10.8. The molecule has 13 atom stereocenters. The SMILES string of the molecule is CC1CC[C@@]2(OC1)O[C@H]1C[C@H]3[C@@H]4CC(O)C5CC(c6ccccc6)CC[C@]5(C)[C@H]4CC[C@]3(C)[C@H]1[C@@H]2C. The van der Waals surface area contributed by atoms with Gasteiger partial charge < -0.3 is 14.6 Å². The molecule has 1 N–H and O–H groups in total. The van der Waals surface area contributed by atoms with Crippen molar-refractivity contribution < 1.29 is 14.6 Å². The number of ether oxygens (including phenoxy) is 2. The lowest BCUT2D eigenvalue weighted by Crippen LogP contribution is -2.58. The van der Waals surface area contributed by atoms with E-state index in [1.807, 2.05) is 0 Å². The first kappa shape index (κ1) is 24.2. The number of hydrogen-bond acceptors (Lipinski definition) is 3. The summed E-state index contributed by atoms with van der Waals surface area (Å²) in [5.74, 6) is 4.55. The molecule has 0 radical (unpaired) electrons. The van der Waals surface area contributed by atoms with Gasteiger partial charge in [-0.15, -0.1) is 0 Å². The van der Waals surface area contributed by atoms with E-state index >= 15 is 0 Å². The molecule has 4 unspecified atom stereocenters. The van der Waals surface area contributed by atoms with E-state index in [-0.39, 0.29) is 17.3 Å². The third-order valence-corrected chi connectivity index (χ3v) is 13.2. The van der Waals surface area contributed by atoms with E-state index in [0.29, 0.717) is 52.9 Å². The monoisotopic (exact) mass is 492 g/mol. The molecule has 3 nitrogen and oxygen atoms in total. The van der Waals surface area contributed by atoms with Crippen molar-refractivity contribution in [3.63, 3.8) is 0 Å². The van der Waals surface area contributed by atoms with E-state index in [0.717, 1.165) is 31.8 Å². The largest absolute Gasteiger partial charge is 0.393 e. The van der Waals surface area contributed by atoms with E-state index < -0.39 is 0 Å². The first-order valence-corrected chi connectivity index (χ1v) is 15.3. The lowest BCUT2D eigenvalue weighted by Gasteiger charge is -2.62. The Bertz CT molecular complexity index is 968. The highest BCUT2D eigenvalue weighted by atomic mass is 16.7. The average molecular weight is 493 g/mol. The summed E-state index contributed by atoms with van der Waals surface area (Å²) in [6, 6.07) is 11.1. The van der Waals surface area contributed by atoms with Gasteiger partial charge in [0.2, 0.25) is 0 Å². The Morgan fingerprint density at radius 3 is 2.36 bits per heavy atom. The van der Waals surface area contributed by atoms with Crippen LogP contribution in [-0.4, -0.2) is 29.7 Å². The zero-order valence-electron chi connectivity index (χ0n) is 23.0. The smallest absolute Gasteiger partial charge is 0.171 e. The van der Waals surface area contributed by atoms with Gasteiger partial charge in [-0.25, -0.2) is 0 Å². The predicted molar refractivity (Wildman–Crippen MR) is 142 cm³/mol. The van der Waals surface area contributed by atoms with E-state index in [4.69, 9.17) is 9.47 Å². The van der Waals surface area contributed by atoms with Crippen molar-refractivity contribution >= 4 is 0 Å². The maximum atomic E-state index is 11.7. The molecular weight excluding hydrogens is 444 g/mol. The number of aliphatic hydroxyl groups is 1. The Morgan fingerprint density at radius 2 is 1.61 bits per heavy atom. The summed E-state index contributed by atoms with van der Waals surface area (Å²) in [5, 5.41) is 11.7. The standard InChI is InChI=1S/C33H48O3/c1-20-10-15-33(35-19-20)21(2)30-29(36-33)18-26-24-17-28(34)27-16-23(22-8-6-5-7-9-22)11-13-31(27,3)25(24)12-14-32(26,30)4/h5-9,20-21,23-30,34H,10-19H2,1-4H3/t20?,21-,23?,24+,25-,26-,27?,28?,29-,30-,31+,32-,33+/m0/s1. The van der Waals surface area contributed by atoms with Gasteiger partial charge in [-0.2, -0.15) is 0 Å². The molecular formula is C33H48O3. The fraction of sp³-hybridized carbons (Fsp3) is 0.818. The molecule has 198 valence electrons. The quantitative estimate of drug-likeness (QED) is 0.451. The molecule has 2 heterocycles. The van der Waals surface area contributed by atoms with Crippen LogP contribution in [0.4, 0.5) is 0 Å². The second kappa shape index (κ2) is 8.30. The highest BCUT2D eigenvalue weighted by molar-refractivity contribution is 5.23. The van der Waals surface area contributed by atoms with Gasteiger partial charge in [-0.3, -0.25) is 0 Å². The summed E-state index contributed by atoms with van der Waals surface area (Å²) in [4.78, 5) is 0. The Labute approximate surface area is 218 Å². The van der Waals surface area contributed by atoms with Crippen LogP contribution < -0.4 is 0 Å². The van der Waals surface area contributed by atoms with E-state index in [9.17, 15) is 5.11 Å². The third kappa shape index (κ3) is 3.27. The molecule has 6 fully saturated rings. The maximum absolute atomic E-state index is 11.7. The van der Waals surface area contributed by atoms with Gasteiger partial charge in [-0.05, 0) is 109 Å². The molecule has 0 amide bonds. The molecule has 36 heavy (non-hydrogen) atoms. The van der Waals surface area contributed by atoms with Gasteiger partial charge in [0.05, 0.1) is 18.8 Å². The lowest BCUT2D eigenvalue weighted by atomic mass is 9.43. The van der Waals surface area contributed by atoms with E-state index in [1.165, 1.54) is 44.1 Å². The van der Waals surface area contributed by atoms with Crippen LogP contribution in [0.25, 0.3) is 0 Å². The van der Waals surface area contributed by atoms with Crippen molar-refractivity contribution in [2.45, 2.75) is 109 Å². The number of aliphatic hydroxyl groups excluding tert-OH is 1. The van der Waals surface area contributed by atoms with Gasteiger partial charge in [0.1, 0.15) is 0 Å². The van der Waals surface area contributed by atoms with E-state index in [1.54, 1.807) is 0 Å². The molecule has 4 aliphatic carbocycles. The van der Waals surface area contributed by atoms with Crippen molar-refractivity contribution in [3.05, 3.63) is 35.9 Å². The van der Waals surface area contributed by atoms with Crippen LogP contribution in [0.5, 0.6) is 0 Å². The summed E-state index contributed by atoms with van der Waals surface area (Å²) in [7, 11) is 0. The maximum Gasteiger partial charge on any atom is 0.171 e. The van der Waals surface area contributed by atoms with Crippen molar-refractivity contribution in [2.24, 2.45) is 52.3 Å². The number of rotatable bonds is 1. The van der Waals surface area contributed by atoms with Gasteiger partial charge in [0, 0.05) is 12.3 Å². The molecule has 1 spiro atoms. The Hall–Kier alpha value is -0.900. The molecule has 0 aromatic heterocycles. The van der Waals surface area contributed by atoms with Gasteiger partial charge in [0.15, 0.2) is 5.79 Å². The second-order valence-electron chi connectivity index (χ2n) is 14.7. The molecule has 1 aromatic rings. The highest BCUT2D eigenvalue weighted by Crippen LogP contribution is 2.71. The number of fused-ring (bicyclic) bond motifs is 7. The number of benzene rings is 1. The molecule has 6 aliphatic rings. The number of hydrogen-bond donors (Lipinski definition) is 1. The average Bonchev–Trinajstić information content (AvgIpc) is 3.32. The Kier molecular flexibility index (Phi) is 5.57. The molecule has 1 aromatic carbocycles. The topological polar surface area (TPSA) is 38.7 Å². The molecule has 2 aliphatic heterocycles. The van der Waals surface area contributed by atoms with Crippen LogP contribution >= 0.6 is 0 Å². The minimum Gasteiger partial charge on any atom is -0.393 e.